The highest BCUT2D eigenvalue weighted by atomic mass is 16.8. The summed E-state index contributed by atoms with van der Waals surface area (Å²) in [5, 5.41) is 0. The zero-order chi connectivity index (χ0) is 15.7. The Morgan fingerprint density at radius 1 is 1.05 bits per heavy atom. The molecule has 0 aromatic heterocycles. The largest absolute Gasteiger partial charge is 0.508 e. The van der Waals surface area contributed by atoms with E-state index in [0.29, 0.717) is 25.4 Å². The molecule has 1 rings (SSSR count). The molecule has 0 aromatic carbocycles. The van der Waals surface area contributed by atoms with E-state index in [0.717, 1.165) is 25.7 Å². The smallest absolute Gasteiger partial charge is 0.438 e. The molecule has 0 spiro atoms. The van der Waals surface area contributed by atoms with Crippen LogP contribution in [-0.4, -0.2) is 38.2 Å². The molecule has 1 aliphatic carbocycles. The fourth-order valence-electron chi connectivity index (χ4n) is 2.31. The highest BCUT2D eigenvalue weighted by Crippen LogP contribution is 2.24. The topological polar surface area (TPSA) is 71.1 Å². The van der Waals surface area contributed by atoms with Crippen molar-refractivity contribution in [2.24, 2.45) is 5.92 Å². The van der Waals surface area contributed by atoms with Gasteiger partial charge in [0, 0.05) is 0 Å². The molecule has 1 fully saturated rings. The van der Waals surface area contributed by atoms with Gasteiger partial charge in [-0.2, -0.15) is 0 Å². The molecule has 0 heterocycles. The lowest BCUT2D eigenvalue weighted by molar-refractivity contribution is -0.0681. The third-order valence-electron chi connectivity index (χ3n) is 3.45. The second kappa shape index (κ2) is 9.47. The van der Waals surface area contributed by atoms with Crippen molar-refractivity contribution < 1.29 is 28.5 Å². The summed E-state index contributed by atoms with van der Waals surface area (Å²) in [5.74, 6) is 0.584. The normalized spacial score (nSPS) is 21.7. The predicted octanol–water partition coefficient (Wildman–Crippen LogP) is 3.67. The van der Waals surface area contributed by atoms with Gasteiger partial charge in [0.25, 0.3) is 0 Å². The molecule has 0 amide bonds. The van der Waals surface area contributed by atoms with Gasteiger partial charge < -0.3 is 18.9 Å². The maximum atomic E-state index is 11.6. The summed E-state index contributed by atoms with van der Waals surface area (Å²) in [6.07, 6.45) is 2.69. The predicted molar refractivity (Wildman–Crippen MR) is 76.0 cm³/mol. The summed E-state index contributed by atoms with van der Waals surface area (Å²) in [4.78, 5) is 22.8. The molecule has 21 heavy (non-hydrogen) atoms. The SMILES string of the molecule is COC(=O)OC1CCCCC1OC(=O)OCCCC(C)C. The first-order chi connectivity index (χ1) is 10.0. The molecule has 0 saturated heterocycles. The molecule has 6 heteroatoms. The van der Waals surface area contributed by atoms with Gasteiger partial charge >= 0.3 is 12.3 Å². The van der Waals surface area contributed by atoms with Crippen molar-refractivity contribution in [1.29, 1.82) is 0 Å². The molecule has 2 unspecified atom stereocenters. The average molecular weight is 302 g/mol. The number of carbonyl (C=O) groups excluding carboxylic acids is 2. The van der Waals surface area contributed by atoms with Gasteiger partial charge in [-0.15, -0.1) is 0 Å². The Labute approximate surface area is 126 Å². The Bertz CT molecular complexity index is 328. The van der Waals surface area contributed by atoms with Crippen LogP contribution in [0.2, 0.25) is 0 Å². The molecule has 0 aliphatic heterocycles. The number of carbonyl (C=O) groups is 2. The van der Waals surface area contributed by atoms with Gasteiger partial charge in [0.1, 0.15) is 12.2 Å². The second-order valence-electron chi connectivity index (χ2n) is 5.69. The molecule has 0 aromatic rings. The Hall–Kier alpha value is -1.46. The zero-order valence-electron chi connectivity index (χ0n) is 13.1. The van der Waals surface area contributed by atoms with Gasteiger partial charge in [-0.05, 0) is 44.4 Å². The van der Waals surface area contributed by atoms with Crippen LogP contribution >= 0.6 is 0 Å². The molecule has 0 bridgehead atoms. The van der Waals surface area contributed by atoms with Crippen molar-refractivity contribution in [1.82, 2.24) is 0 Å². The molecule has 1 aliphatic rings. The van der Waals surface area contributed by atoms with E-state index in [4.69, 9.17) is 14.2 Å². The second-order valence-corrected chi connectivity index (χ2v) is 5.69. The lowest BCUT2D eigenvalue weighted by Gasteiger charge is -2.29. The summed E-state index contributed by atoms with van der Waals surface area (Å²) < 4.78 is 19.9. The van der Waals surface area contributed by atoms with Crippen LogP contribution in [0.4, 0.5) is 9.59 Å². The first-order valence-electron chi connectivity index (χ1n) is 7.61. The van der Waals surface area contributed by atoms with Gasteiger partial charge in [0.2, 0.25) is 0 Å². The molecule has 1 saturated carbocycles. The van der Waals surface area contributed by atoms with E-state index in [-0.39, 0.29) is 0 Å². The summed E-state index contributed by atoms with van der Waals surface area (Å²) in [6.45, 7) is 4.59. The lowest BCUT2D eigenvalue weighted by Crippen LogP contribution is -2.38. The Balaban J connectivity index is 2.32. The maximum Gasteiger partial charge on any atom is 0.508 e. The van der Waals surface area contributed by atoms with E-state index in [9.17, 15) is 9.59 Å². The fourth-order valence-corrected chi connectivity index (χ4v) is 2.31. The van der Waals surface area contributed by atoms with Gasteiger partial charge in [0.15, 0.2) is 0 Å². The summed E-state index contributed by atoms with van der Waals surface area (Å²) in [6, 6.07) is 0. The van der Waals surface area contributed by atoms with Gasteiger partial charge in [-0.25, -0.2) is 9.59 Å². The first kappa shape index (κ1) is 17.6. The molecule has 2 atom stereocenters. The van der Waals surface area contributed by atoms with Crippen LogP contribution < -0.4 is 0 Å². The van der Waals surface area contributed by atoms with Crippen molar-refractivity contribution in [2.45, 2.75) is 64.6 Å². The van der Waals surface area contributed by atoms with Gasteiger partial charge in [-0.3, -0.25) is 0 Å². The molecule has 0 radical (unpaired) electrons. The molecule has 122 valence electrons. The van der Waals surface area contributed by atoms with Crippen molar-refractivity contribution in [3.8, 4) is 0 Å². The number of methoxy groups -OCH3 is 1. The van der Waals surface area contributed by atoms with Crippen LogP contribution in [0.15, 0.2) is 0 Å². The zero-order valence-corrected chi connectivity index (χ0v) is 13.1. The van der Waals surface area contributed by atoms with Crippen LogP contribution in [0.25, 0.3) is 0 Å². The van der Waals surface area contributed by atoms with E-state index in [1.165, 1.54) is 7.11 Å². The van der Waals surface area contributed by atoms with E-state index in [1.807, 2.05) is 0 Å². The fraction of sp³-hybridized carbons (Fsp3) is 0.867. The summed E-state index contributed by atoms with van der Waals surface area (Å²) in [5.41, 5.74) is 0. The number of hydrogen-bond acceptors (Lipinski definition) is 6. The molecule has 0 N–H and O–H groups in total. The average Bonchev–Trinajstić information content (AvgIpc) is 2.45. The minimum atomic E-state index is -0.749. The number of ether oxygens (including phenoxy) is 4. The highest BCUT2D eigenvalue weighted by molar-refractivity contribution is 5.61. The maximum absolute atomic E-state index is 11.6. The van der Waals surface area contributed by atoms with E-state index in [1.54, 1.807) is 0 Å². The lowest BCUT2D eigenvalue weighted by atomic mass is 9.95. The van der Waals surface area contributed by atoms with Crippen molar-refractivity contribution in [3.63, 3.8) is 0 Å². The standard InChI is InChI=1S/C15H26O6/c1-11(2)7-6-10-19-15(17)21-13-9-5-4-8-12(13)20-14(16)18-3/h11-13H,4-10H2,1-3H3. The quantitative estimate of drug-likeness (QED) is 0.550. The van der Waals surface area contributed by atoms with Gasteiger partial charge in [-0.1, -0.05) is 13.8 Å². The minimum Gasteiger partial charge on any atom is -0.438 e. The Morgan fingerprint density at radius 2 is 1.62 bits per heavy atom. The molecular weight excluding hydrogens is 276 g/mol. The third kappa shape index (κ3) is 7.20. The summed E-state index contributed by atoms with van der Waals surface area (Å²) >= 11 is 0. The third-order valence-corrected chi connectivity index (χ3v) is 3.45. The van der Waals surface area contributed by atoms with Crippen LogP contribution in [0.5, 0.6) is 0 Å². The number of hydrogen-bond donors (Lipinski definition) is 0. The first-order valence-corrected chi connectivity index (χ1v) is 7.61. The minimum absolute atomic E-state index is 0.353. The molecular formula is C15H26O6. The van der Waals surface area contributed by atoms with Crippen molar-refractivity contribution in [2.75, 3.05) is 13.7 Å². The van der Waals surface area contributed by atoms with Crippen LogP contribution in [0, 0.1) is 5.92 Å². The Kier molecular flexibility index (Phi) is 7.93. The van der Waals surface area contributed by atoms with Crippen molar-refractivity contribution >= 4 is 12.3 Å². The van der Waals surface area contributed by atoms with E-state index < -0.39 is 24.5 Å². The van der Waals surface area contributed by atoms with E-state index >= 15 is 0 Å². The summed E-state index contributed by atoms with van der Waals surface area (Å²) in [7, 11) is 1.25. The number of rotatable bonds is 6. The van der Waals surface area contributed by atoms with Gasteiger partial charge in [0.05, 0.1) is 13.7 Å². The monoisotopic (exact) mass is 302 g/mol. The van der Waals surface area contributed by atoms with Crippen LogP contribution in [0.1, 0.15) is 52.4 Å². The molecule has 6 nitrogen and oxygen atoms in total. The van der Waals surface area contributed by atoms with Crippen molar-refractivity contribution in [3.05, 3.63) is 0 Å². The highest BCUT2D eigenvalue weighted by Gasteiger charge is 2.32. The van der Waals surface area contributed by atoms with E-state index in [2.05, 4.69) is 18.6 Å². The van der Waals surface area contributed by atoms with Crippen LogP contribution in [-0.2, 0) is 18.9 Å². The Morgan fingerprint density at radius 3 is 2.14 bits per heavy atom. The van der Waals surface area contributed by atoms with Crippen LogP contribution in [0.3, 0.4) is 0 Å².